The number of aromatic amines is 1. The Labute approximate surface area is 120 Å². The molecule has 0 saturated carbocycles. The first kappa shape index (κ1) is 11.8. The summed E-state index contributed by atoms with van der Waals surface area (Å²) in [5.41, 5.74) is 4.92. The van der Waals surface area contributed by atoms with Crippen LogP contribution in [0.1, 0.15) is 5.69 Å². The highest BCUT2D eigenvalue weighted by molar-refractivity contribution is 5.75. The van der Waals surface area contributed by atoms with E-state index in [4.69, 9.17) is 4.42 Å². The van der Waals surface area contributed by atoms with Gasteiger partial charge in [0, 0.05) is 0 Å². The van der Waals surface area contributed by atoms with Crippen LogP contribution >= 0.6 is 0 Å². The summed E-state index contributed by atoms with van der Waals surface area (Å²) in [4.78, 5) is 9.06. The second kappa shape index (κ2) is 4.56. The molecule has 0 aliphatic carbocycles. The molecule has 0 radical (unpaired) electrons. The molecule has 0 saturated heterocycles. The molecule has 3 heterocycles. The van der Waals surface area contributed by atoms with Gasteiger partial charge in [-0.1, -0.05) is 18.2 Å². The van der Waals surface area contributed by atoms with Crippen molar-refractivity contribution in [1.29, 1.82) is 0 Å². The maximum absolute atomic E-state index is 5.75. The van der Waals surface area contributed by atoms with Gasteiger partial charge in [-0.15, -0.1) is 0 Å². The van der Waals surface area contributed by atoms with Crippen molar-refractivity contribution in [3.05, 3.63) is 54.2 Å². The van der Waals surface area contributed by atoms with Crippen molar-refractivity contribution < 1.29 is 4.42 Å². The lowest BCUT2D eigenvalue weighted by atomic mass is 10.2. The predicted molar refractivity (Wildman–Crippen MR) is 79.6 cm³/mol. The number of hydrogen-bond acceptors (Lipinski definition) is 4. The Kier molecular flexibility index (Phi) is 2.57. The summed E-state index contributed by atoms with van der Waals surface area (Å²) in [6, 6.07) is 15.4. The minimum absolute atomic E-state index is 0.522. The third-order valence-corrected chi connectivity index (χ3v) is 3.24. The topological polar surface area (TPSA) is 67.6 Å². The van der Waals surface area contributed by atoms with E-state index in [1.54, 1.807) is 0 Å². The van der Waals surface area contributed by atoms with Gasteiger partial charge < -0.3 is 4.42 Å². The van der Waals surface area contributed by atoms with Gasteiger partial charge in [-0.25, -0.2) is 9.97 Å². The molecule has 0 atom stereocenters. The highest BCUT2D eigenvalue weighted by Gasteiger charge is 2.11. The van der Waals surface area contributed by atoms with Crippen molar-refractivity contribution >= 4 is 11.1 Å². The number of aromatic nitrogens is 4. The number of nitrogens with zero attached hydrogens (tertiary/aromatic N) is 3. The van der Waals surface area contributed by atoms with Gasteiger partial charge in [0.1, 0.15) is 11.2 Å². The van der Waals surface area contributed by atoms with Crippen molar-refractivity contribution in [3.8, 4) is 23.0 Å². The van der Waals surface area contributed by atoms with Crippen molar-refractivity contribution in [1.82, 2.24) is 20.2 Å². The number of oxazole rings is 1. The maximum Gasteiger partial charge on any atom is 0.246 e. The van der Waals surface area contributed by atoms with E-state index in [0.29, 0.717) is 11.6 Å². The van der Waals surface area contributed by atoms with E-state index in [9.17, 15) is 0 Å². The van der Waals surface area contributed by atoms with Gasteiger partial charge in [0.05, 0.1) is 17.1 Å². The number of nitrogens with one attached hydrogen (secondary N) is 1. The highest BCUT2D eigenvalue weighted by Crippen LogP contribution is 2.24. The van der Waals surface area contributed by atoms with Crippen molar-refractivity contribution in [3.63, 3.8) is 0 Å². The molecule has 21 heavy (non-hydrogen) atoms. The molecule has 0 fully saturated rings. The smallest absolute Gasteiger partial charge is 0.246 e. The summed E-state index contributed by atoms with van der Waals surface area (Å²) in [6.07, 6.45) is 0. The van der Waals surface area contributed by atoms with E-state index >= 15 is 0 Å². The largest absolute Gasteiger partial charge is 0.435 e. The van der Waals surface area contributed by atoms with Crippen LogP contribution < -0.4 is 0 Å². The molecule has 4 rings (SSSR count). The van der Waals surface area contributed by atoms with E-state index in [1.807, 2.05) is 55.5 Å². The van der Waals surface area contributed by atoms with Crippen LogP contribution in [0.5, 0.6) is 0 Å². The average molecular weight is 276 g/mol. The molecular weight excluding hydrogens is 264 g/mol. The minimum atomic E-state index is 0.522. The summed E-state index contributed by atoms with van der Waals surface area (Å²) < 4.78 is 5.75. The summed E-state index contributed by atoms with van der Waals surface area (Å²) in [6.45, 7) is 1.94. The first-order chi connectivity index (χ1) is 10.3. The molecule has 5 heteroatoms. The molecule has 1 N–H and O–H groups in total. The third kappa shape index (κ3) is 2.08. The van der Waals surface area contributed by atoms with Crippen LogP contribution in [0, 0.1) is 6.92 Å². The lowest BCUT2D eigenvalue weighted by Gasteiger charge is -1.99. The van der Waals surface area contributed by atoms with Crippen LogP contribution in [-0.2, 0) is 0 Å². The second-order valence-electron chi connectivity index (χ2n) is 4.82. The van der Waals surface area contributed by atoms with E-state index in [0.717, 1.165) is 28.2 Å². The Hall–Kier alpha value is -2.95. The van der Waals surface area contributed by atoms with Crippen LogP contribution in [0.2, 0.25) is 0 Å². The number of fused-ring (bicyclic) bond motifs is 1. The minimum Gasteiger partial charge on any atom is -0.435 e. The molecule has 3 aromatic heterocycles. The van der Waals surface area contributed by atoms with Crippen molar-refractivity contribution in [2.75, 3.05) is 0 Å². The van der Waals surface area contributed by atoms with Gasteiger partial charge in [0.2, 0.25) is 5.89 Å². The predicted octanol–water partition coefficient (Wildman–Crippen LogP) is 3.59. The normalized spacial score (nSPS) is 11.1. The third-order valence-electron chi connectivity index (χ3n) is 3.24. The first-order valence-corrected chi connectivity index (χ1v) is 6.65. The lowest BCUT2D eigenvalue weighted by Crippen LogP contribution is -1.88. The van der Waals surface area contributed by atoms with Crippen LogP contribution in [0.25, 0.3) is 34.1 Å². The molecule has 0 amide bonds. The number of H-pyrrole nitrogens is 1. The number of aryl methyl sites for hydroxylation is 1. The average Bonchev–Trinajstić information content (AvgIpc) is 3.13. The number of para-hydroxylation sites is 2. The number of benzene rings is 1. The summed E-state index contributed by atoms with van der Waals surface area (Å²) in [5, 5.41) is 7.09. The Morgan fingerprint density at radius 2 is 1.81 bits per heavy atom. The van der Waals surface area contributed by atoms with Crippen LogP contribution in [-0.4, -0.2) is 20.2 Å². The highest BCUT2D eigenvalue weighted by atomic mass is 16.3. The fourth-order valence-electron chi connectivity index (χ4n) is 2.24. The van der Waals surface area contributed by atoms with E-state index in [-0.39, 0.29) is 0 Å². The van der Waals surface area contributed by atoms with E-state index in [1.165, 1.54) is 0 Å². The van der Waals surface area contributed by atoms with Gasteiger partial charge in [0.15, 0.2) is 5.58 Å². The van der Waals surface area contributed by atoms with Crippen LogP contribution in [0.3, 0.4) is 0 Å². The van der Waals surface area contributed by atoms with Gasteiger partial charge in [-0.2, -0.15) is 5.10 Å². The number of hydrogen-bond donors (Lipinski definition) is 1. The van der Waals surface area contributed by atoms with Gasteiger partial charge in [0.25, 0.3) is 0 Å². The maximum atomic E-state index is 5.75. The van der Waals surface area contributed by atoms with Gasteiger partial charge >= 0.3 is 0 Å². The summed E-state index contributed by atoms with van der Waals surface area (Å²) in [7, 11) is 0. The SMILES string of the molecule is Cc1cc(-c2cccc(-c3nc4ccccc4o3)n2)[nH]n1. The van der Waals surface area contributed by atoms with Crippen LogP contribution in [0.4, 0.5) is 0 Å². The van der Waals surface area contributed by atoms with E-state index in [2.05, 4.69) is 20.2 Å². The summed E-state index contributed by atoms with van der Waals surface area (Å²) >= 11 is 0. The van der Waals surface area contributed by atoms with E-state index < -0.39 is 0 Å². The monoisotopic (exact) mass is 276 g/mol. The molecule has 102 valence electrons. The zero-order valence-electron chi connectivity index (χ0n) is 11.4. The van der Waals surface area contributed by atoms with Gasteiger partial charge in [-0.3, -0.25) is 5.10 Å². The van der Waals surface area contributed by atoms with Crippen LogP contribution in [0.15, 0.2) is 52.9 Å². The fraction of sp³-hybridized carbons (Fsp3) is 0.0625. The lowest BCUT2D eigenvalue weighted by molar-refractivity contribution is 0.617. The Morgan fingerprint density at radius 1 is 0.952 bits per heavy atom. The molecule has 0 bridgehead atoms. The molecule has 4 aromatic rings. The quantitative estimate of drug-likeness (QED) is 0.607. The van der Waals surface area contributed by atoms with Gasteiger partial charge in [-0.05, 0) is 37.3 Å². The molecule has 0 aliphatic heterocycles. The molecule has 0 unspecified atom stereocenters. The Balaban J connectivity index is 1.81. The molecular formula is C16H12N4O. The van der Waals surface area contributed by atoms with Crippen molar-refractivity contribution in [2.45, 2.75) is 6.92 Å². The summed E-state index contributed by atoms with van der Waals surface area (Å²) in [5.74, 6) is 0.522. The standard InChI is InChI=1S/C16H12N4O/c1-10-9-14(20-19-10)11-6-4-7-13(17-11)16-18-12-5-2-3-8-15(12)21-16/h2-9H,1H3,(H,19,20). The number of rotatable bonds is 2. The Bertz CT molecular complexity index is 890. The zero-order chi connectivity index (χ0) is 14.2. The Morgan fingerprint density at radius 3 is 2.62 bits per heavy atom. The first-order valence-electron chi connectivity index (χ1n) is 6.65. The fourth-order valence-corrected chi connectivity index (χ4v) is 2.24. The number of pyridine rings is 1. The second-order valence-corrected chi connectivity index (χ2v) is 4.82. The molecule has 1 aromatic carbocycles. The van der Waals surface area contributed by atoms with Crippen molar-refractivity contribution in [2.24, 2.45) is 0 Å². The zero-order valence-corrected chi connectivity index (χ0v) is 11.4. The molecule has 5 nitrogen and oxygen atoms in total. The molecule has 0 aliphatic rings. The molecule has 0 spiro atoms.